The molecule has 0 spiro atoms. The number of non-ortho nitro benzene ring substituents is 1. The van der Waals surface area contributed by atoms with E-state index in [4.69, 9.17) is 0 Å². The minimum atomic E-state index is -0.470. The first-order valence-electron chi connectivity index (χ1n) is 7.12. The molecule has 1 atom stereocenters. The van der Waals surface area contributed by atoms with Crippen molar-refractivity contribution in [2.45, 2.75) is 18.9 Å². The van der Waals surface area contributed by atoms with Gasteiger partial charge < -0.3 is 4.90 Å². The number of aromatic nitrogens is 1. The van der Waals surface area contributed by atoms with E-state index in [1.807, 2.05) is 17.0 Å². The largest absolute Gasteiger partial charge is 0.332 e. The summed E-state index contributed by atoms with van der Waals surface area (Å²) in [4.78, 5) is 28.8. The highest BCUT2D eigenvalue weighted by molar-refractivity contribution is 5.94. The second kappa shape index (κ2) is 5.93. The molecule has 2 heterocycles. The zero-order valence-electron chi connectivity index (χ0n) is 11.9. The van der Waals surface area contributed by atoms with E-state index in [0.29, 0.717) is 12.1 Å². The highest BCUT2D eigenvalue weighted by atomic mass is 16.6. The van der Waals surface area contributed by atoms with Gasteiger partial charge in [-0.25, -0.2) is 0 Å². The fourth-order valence-corrected chi connectivity index (χ4v) is 2.82. The van der Waals surface area contributed by atoms with Crippen molar-refractivity contribution in [3.05, 3.63) is 70.0 Å². The Morgan fingerprint density at radius 3 is 2.68 bits per heavy atom. The third kappa shape index (κ3) is 2.67. The van der Waals surface area contributed by atoms with Crippen molar-refractivity contribution >= 4 is 11.6 Å². The van der Waals surface area contributed by atoms with Gasteiger partial charge >= 0.3 is 0 Å². The van der Waals surface area contributed by atoms with Gasteiger partial charge in [0.15, 0.2) is 0 Å². The number of nitrogens with zero attached hydrogens (tertiary/aromatic N) is 3. The number of nitro groups is 1. The molecule has 1 aromatic heterocycles. The summed E-state index contributed by atoms with van der Waals surface area (Å²) in [6, 6.07) is 9.61. The van der Waals surface area contributed by atoms with Crippen LogP contribution >= 0.6 is 0 Å². The maximum absolute atomic E-state index is 12.6. The van der Waals surface area contributed by atoms with E-state index in [0.717, 1.165) is 18.4 Å². The minimum absolute atomic E-state index is 0.0122. The average Bonchev–Trinajstić information content (AvgIpc) is 3.04. The Balaban J connectivity index is 1.83. The lowest BCUT2D eigenvalue weighted by molar-refractivity contribution is -0.384. The van der Waals surface area contributed by atoms with Crippen LogP contribution in [0.25, 0.3) is 0 Å². The number of pyridine rings is 1. The number of likely N-dealkylation sites (tertiary alicyclic amines) is 1. The number of hydrogen-bond donors (Lipinski definition) is 0. The van der Waals surface area contributed by atoms with Gasteiger partial charge in [-0.2, -0.15) is 0 Å². The molecule has 22 heavy (non-hydrogen) atoms. The highest BCUT2D eigenvalue weighted by Crippen LogP contribution is 2.32. The molecule has 1 amide bonds. The van der Waals surface area contributed by atoms with E-state index in [1.165, 1.54) is 24.3 Å². The second-order valence-corrected chi connectivity index (χ2v) is 5.25. The number of rotatable bonds is 3. The summed E-state index contributed by atoms with van der Waals surface area (Å²) in [5, 5.41) is 10.7. The van der Waals surface area contributed by atoms with Crippen molar-refractivity contribution in [3.63, 3.8) is 0 Å². The zero-order chi connectivity index (χ0) is 15.5. The maximum Gasteiger partial charge on any atom is 0.269 e. The smallest absolute Gasteiger partial charge is 0.269 e. The van der Waals surface area contributed by atoms with Gasteiger partial charge in [-0.1, -0.05) is 6.07 Å². The Bertz CT molecular complexity index is 686. The average molecular weight is 297 g/mol. The van der Waals surface area contributed by atoms with Crippen molar-refractivity contribution in [1.29, 1.82) is 0 Å². The molecule has 0 bridgehead atoms. The lowest BCUT2D eigenvalue weighted by Crippen LogP contribution is -2.30. The molecule has 1 aliphatic heterocycles. The quantitative estimate of drug-likeness (QED) is 0.644. The second-order valence-electron chi connectivity index (χ2n) is 5.25. The fraction of sp³-hybridized carbons (Fsp3) is 0.250. The molecular formula is C16H15N3O3. The van der Waals surface area contributed by atoms with E-state index in [9.17, 15) is 14.9 Å². The summed E-state index contributed by atoms with van der Waals surface area (Å²) < 4.78 is 0. The third-order valence-corrected chi connectivity index (χ3v) is 3.91. The first kappa shape index (κ1) is 14.2. The Morgan fingerprint density at radius 1 is 1.27 bits per heavy atom. The van der Waals surface area contributed by atoms with Gasteiger partial charge in [0, 0.05) is 36.6 Å². The van der Waals surface area contributed by atoms with Crippen molar-refractivity contribution < 1.29 is 9.72 Å². The summed E-state index contributed by atoms with van der Waals surface area (Å²) in [6.07, 6.45) is 5.34. The van der Waals surface area contributed by atoms with Crippen molar-refractivity contribution in [1.82, 2.24) is 9.88 Å². The SMILES string of the molecule is O=C(c1ccc([N+](=O)[O-])cc1)N1CCC[C@H]1c1cccnc1. The fourth-order valence-electron chi connectivity index (χ4n) is 2.82. The third-order valence-electron chi connectivity index (χ3n) is 3.91. The van der Waals surface area contributed by atoms with Crippen LogP contribution in [-0.4, -0.2) is 27.3 Å². The molecule has 6 nitrogen and oxygen atoms in total. The van der Waals surface area contributed by atoms with E-state index in [1.54, 1.807) is 12.4 Å². The van der Waals surface area contributed by atoms with E-state index < -0.39 is 4.92 Å². The molecule has 1 fully saturated rings. The molecule has 0 unspecified atom stereocenters. The molecular weight excluding hydrogens is 282 g/mol. The van der Waals surface area contributed by atoms with Crippen LogP contribution in [0.3, 0.4) is 0 Å². The highest BCUT2D eigenvalue weighted by Gasteiger charge is 2.30. The zero-order valence-corrected chi connectivity index (χ0v) is 11.9. The van der Waals surface area contributed by atoms with Gasteiger partial charge in [-0.05, 0) is 36.6 Å². The van der Waals surface area contributed by atoms with Gasteiger partial charge in [-0.3, -0.25) is 19.9 Å². The molecule has 3 rings (SSSR count). The van der Waals surface area contributed by atoms with Crippen molar-refractivity contribution in [2.75, 3.05) is 6.54 Å². The maximum atomic E-state index is 12.6. The van der Waals surface area contributed by atoms with E-state index in [-0.39, 0.29) is 17.6 Å². The molecule has 0 saturated carbocycles. The molecule has 0 N–H and O–H groups in total. The molecule has 1 aliphatic rings. The van der Waals surface area contributed by atoms with Crippen LogP contribution in [0, 0.1) is 10.1 Å². The van der Waals surface area contributed by atoms with Crippen LogP contribution in [-0.2, 0) is 0 Å². The Hall–Kier alpha value is -2.76. The number of carbonyl (C=O) groups is 1. The number of hydrogen-bond acceptors (Lipinski definition) is 4. The monoisotopic (exact) mass is 297 g/mol. The minimum Gasteiger partial charge on any atom is -0.332 e. The number of nitro benzene ring substituents is 1. The molecule has 0 aliphatic carbocycles. The van der Waals surface area contributed by atoms with Crippen molar-refractivity contribution in [2.24, 2.45) is 0 Å². The Kier molecular flexibility index (Phi) is 3.82. The Morgan fingerprint density at radius 2 is 2.05 bits per heavy atom. The number of carbonyl (C=O) groups excluding carboxylic acids is 1. The summed E-state index contributed by atoms with van der Waals surface area (Å²) in [6.45, 7) is 0.690. The van der Waals surface area contributed by atoms with Gasteiger partial charge in [0.05, 0.1) is 11.0 Å². The van der Waals surface area contributed by atoms with Gasteiger partial charge in [0.2, 0.25) is 0 Å². The van der Waals surface area contributed by atoms with Gasteiger partial charge in [0.25, 0.3) is 11.6 Å². The topological polar surface area (TPSA) is 76.3 Å². The molecule has 1 saturated heterocycles. The summed E-state index contributed by atoms with van der Waals surface area (Å²) in [5.41, 5.74) is 1.48. The molecule has 2 aromatic rings. The normalized spacial score (nSPS) is 17.5. The predicted molar refractivity (Wildman–Crippen MR) is 80.3 cm³/mol. The van der Waals surface area contributed by atoms with Crippen LogP contribution in [0.5, 0.6) is 0 Å². The van der Waals surface area contributed by atoms with Crippen LogP contribution < -0.4 is 0 Å². The summed E-state index contributed by atoms with van der Waals surface area (Å²) >= 11 is 0. The first-order chi connectivity index (χ1) is 10.7. The first-order valence-corrected chi connectivity index (χ1v) is 7.12. The molecule has 6 heteroatoms. The molecule has 1 aromatic carbocycles. The molecule has 112 valence electrons. The summed E-state index contributed by atoms with van der Waals surface area (Å²) in [5.74, 6) is -0.0961. The molecule has 0 radical (unpaired) electrons. The standard InChI is InChI=1S/C16H15N3O3/c20-16(12-5-7-14(8-6-12)19(21)22)18-10-2-4-15(18)13-3-1-9-17-11-13/h1,3,5-9,11,15H,2,4,10H2/t15-/m0/s1. The van der Waals surface area contributed by atoms with Gasteiger partial charge in [0.1, 0.15) is 0 Å². The van der Waals surface area contributed by atoms with Gasteiger partial charge in [-0.15, -0.1) is 0 Å². The Labute approximate surface area is 127 Å². The van der Waals surface area contributed by atoms with Crippen LogP contribution in [0.1, 0.15) is 34.8 Å². The lowest BCUT2D eigenvalue weighted by Gasteiger charge is -2.24. The van der Waals surface area contributed by atoms with Crippen LogP contribution in [0.4, 0.5) is 5.69 Å². The van der Waals surface area contributed by atoms with Crippen LogP contribution in [0.15, 0.2) is 48.8 Å². The van der Waals surface area contributed by atoms with Crippen molar-refractivity contribution in [3.8, 4) is 0 Å². The van der Waals surface area contributed by atoms with Crippen LogP contribution in [0.2, 0.25) is 0 Å². The number of benzene rings is 1. The predicted octanol–water partition coefficient (Wildman–Crippen LogP) is 2.97. The summed E-state index contributed by atoms with van der Waals surface area (Å²) in [7, 11) is 0. The van der Waals surface area contributed by atoms with E-state index >= 15 is 0 Å². The van der Waals surface area contributed by atoms with E-state index in [2.05, 4.69) is 4.98 Å². The lowest BCUT2D eigenvalue weighted by atomic mass is 10.1. The number of amides is 1.